The highest BCUT2D eigenvalue weighted by Gasteiger charge is 2.25. The van der Waals surface area contributed by atoms with Gasteiger partial charge in [-0.25, -0.2) is 22.0 Å². The molecular weight excluding hydrogens is 487 g/mol. The van der Waals surface area contributed by atoms with Gasteiger partial charge in [0.15, 0.2) is 11.6 Å². The number of thioether (sulfide) groups is 2. The Hall–Kier alpha value is -2.03. The highest BCUT2D eigenvalue weighted by molar-refractivity contribution is 8.16. The molecule has 34 heavy (non-hydrogen) atoms. The standard InChI is InChI=1S/C26H23F5OS2/c1-2-7-32-12-15-13-33-26(34-14-15)17-3-5-19(21(28)9-17)18-10-23(30)25(24(31)11-18)16-4-6-20(27)22(29)8-16/h3-6,8-11,15,26H,2,7,12-14H2,1H3. The van der Waals surface area contributed by atoms with Gasteiger partial charge in [0.2, 0.25) is 0 Å². The van der Waals surface area contributed by atoms with Crippen LogP contribution in [0.4, 0.5) is 22.0 Å². The molecule has 180 valence electrons. The molecule has 1 heterocycles. The van der Waals surface area contributed by atoms with E-state index in [-0.39, 0.29) is 21.3 Å². The maximum absolute atomic E-state index is 15.0. The minimum absolute atomic E-state index is 0.0301. The number of hydrogen-bond donors (Lipinski definition) is 0. The summed E-state index contributed by atoms with van der Waals surface area (Å²) in [5, 5.41) is 0. The van der Waals surface area contributed by atoms with Crippen molar-refractivity contribution in [1.29, 1.82) is 0 Å². The maximum Gasteiger partial charge on any atom is 0.159 e. The van der Waals surface area contributed by atoms with Crippen LogP contribution in [0.1, 0.15) is 23.5 Å². The normalized spacial score (nSPS) is 18.3. The minimum atomic E-state index is -1.21. The van der Waals surface area contributed by atoms with Crippen LogP contribution in [-0.2, 0) is 4.74 Å². The molecule has 4 rings (SSSR count). The van der Waals surface area contributed by atoms with Gasteiger partial charge in [0.25, 0.3) is 0 Å². The Bertz CT molecular complexity index is 1140. The monoisotopic (exact) mass is 510 g/mol. The number of hydrogen-bond acceptors (Lipinski definition) is 3. The topological polar surface area (TPSA) is 9.23 Å². The zero-order valence-corrected chi connectivity index (χ0v) is 20.1. The molecule has 0 amide bonds. The Morgan fingerprint density at radius 2 is 1.44 bits per heavy atom. The van der Waals surface area contributed by atoms with Crippen LogP contribution in [0.5, 0.6) is 0 Å². The third kappa shape index (κ3) is 5.61. The smallest absolute Gasteiger partial charge is 0.159 e. The second-order valence-electron chi connectivity index (χ2n) is 8.12. The van der Waals surface area contributed by atoms with Crippen molar-refractivity contribution in [3.63, 3.8) is 0 Å². The van der Waals surface area contributed by atoms with Crippen LogP contribution in [0.2, 0.25) is 0 Å². The molecule has 0 saturated carbocycles. The Balaban J connectivity index is 1.51. The fourth-order valence-corrected chi connectivity index (χ4v) is 6.80. The van der Waals surface area contributed by atoms with E-state index in [1.54, 1.807) is 29.6 Å². The van der Waals surface area contributed by atoms with E-state index in [0.29, 0.717) is 5.92 Å². The van der Waals surface area contributed by atoms with Gasteiger partial charge in [0, 0.05) is 29.6 Å². The van der Waals surface area contributed by atoms with Crippen molar-refractivity contribution in [2.45, 2.75) is 17.9 Å². The van der Waals surface area contributed by atoms with Gasteiger partial charge in [0.05, 0.1) is 16.8 Å². The summed E-state index contributed by atoms with van der Waals surface area (Å²) < 4.78 is 76.9. The molecule has 1 fully saturated rings. The molecule has 0 atom stereocenters. The van der Waals surface area contributed by atoms with E-state index in [2.05, 4.69) is 6.92 Å². The van der Waals surface area contributed by atoms with Gasteiger partial charge < -0.3 is 4.74 Å². The van der Waals surface area contributed by atoms with Crippen LogP contribution in [-0.4, -0.2) is 24.7 Å². The fourth-order valence-electron chi connectivity index (χ4n) is 3.79. The predicted octanol–water partition coefficient (Wildman–Crippen LogP) is 8.24. The van der Waals surface area contributed by atoms with Crippen LogP contribution in [0.3, 0.4) is 0 Å². The lowest BCUT2D eigenvalue weighted by molar-refractivity contribution is 0.113. The first kappa shape index (κ1) is 25.1. The van der Waals surface area contributed by atoms with Gasteiger partial charge in [-0.15, -0.1) is 23.5 Å². The molecule has 0 N–H and O–H groups in total. The maximum atomic E-state index is 15.0. The molecule has 1 aliphatic rings. The number of benzene rings is 3. The van der Waals surface area contributed by atoms with Crippen LogP contribution >= 0.6 is 23.5 Å². The van der Waals surface area contributed by atoms with Gasteiger partial charge in [-0.2, -0.15) is 0 Å². The first-order valence-electron chi connectivity index (χ1n) is 10.9. The highest BCUT2D eigenvalue weighted by Crippen LogP contribution is 2.46. The summed E-state index contributed by atoms with van der Waals surface area (Å²) in [6.45, 7) is 3.55. The molecule has 0 radical (unpaired) electrons. The van der Waals surface area contributed by atoms with Crippen molar-refractivity contribution >= 4 is 23.5 Å². The van der Waals surface area contributed by atoms with E-state index < -0.39 is 34.6 Å². The lowest BCUT2D eigenvalue weighted by Crippen LogP contribution is -2.20. The average Bonchev–Trinajstić information content (AvgIpc) is 2.81. The molecular formula is C26H23F5OS2. The molecule has 1 aliphatic heterocycles. The van der Waals surface area contributed by atoms with E-state index in [1.165, 1.54) is 12.1 Å². The second-order valence-corrected chi connectivity index (χ2v) is 10.7. The van der Waals surface area contributed by atoms with Crippen molar-refractivity contribution in [3.05, 3.63) is 83.2 Å². The first-order valence-corrected chi connectivity index (χ1v) is 13.0. The van der Waals surface area contributed by atoms with Crippen LogP contribution in [0, 0.1) is 35.0 Å². The number of rotatable bonds is 7. The minimum Gasteiger partial charge on any atom is -0.381 e. The summed E-state index contributed by atoms with van der Waals surface area (Å²) in [5.74, 6) is -2.57. The molecule has 0 bridgehead atoms. The molecule has 0 unspecified atom stereocenters. The van der Waals surface area contributed by atoms with E-state index in [0.717, 1.165) is 67.0 Å². The van der Waals surface area contributed by atoms with Crippen molar-refractivity contribution in [2.24, 2.45) is 5.92 Å². The van der Waals surface area contributed by atoms with Gasteiger partial charge >= 0.3 is 0 Å². The zero-order chi connectivity index (χ0) is 24.2. The van der Waals surface area contributed by atoms with Gasteiger partial charge in [0.1, 0.15) is 17.5 Å². The summed E-state index contributed by atoms with van der Waals surface area (Å²) in [7, 11) is 0. The van der Waals surface area contributed by atoms with E-state index in [1.807, 2.05) is 0 Å². The van der Waals surface area contributed by atoms with Crippen molar-refractivity contribution in [1.82, 2.24) is 0 Å². The van der Waals surface area contributed by atoms with E-state index >= 15 is 0 Å². The molecule has 8 heteroatoms. The summed E-state index contributed by atoms with van der Waals surface area (Å²) in [6, 6.07) is 9.33. The largest absolute Gasteiger partial charge is 0.381 e. The Morgan fingerprint density at radius 1 is 0.765 bits per heavy atom. The summed E-state index contributed by atoms with van der Waals surface area (Å²) >= 11 is 3.48. The molecule has 0 spiro atoms. The molecule has 3 aromatic rings. The van der Waals surface area contributed by atoms with Gasteiger partial charge in [-0.1, -0.05) is 25.1 Å². The second kappa shape index (κ2) is 11.1. The van der Waals surface area contributed by atoms with E-state index in [9.17, 15) is 22.0 Å². The van der Waals surface area contributed by atoms with Gasteiger partial charge in [-0.3, -0.25) is 0 Å². The summed E-state index contributed by atoms with van der Waals surface area (Å²) in [4.78, 5) is 0. The van der Waals surface area contributed by atoms with Gasteiger partial charge in [-0.05, 0) is 53.4 Å². The molecule has 1 saturated heterocycles. The Kier molecular flexibility index (Phi) is 8.22. The van der Waals surface area contributed by atoms with Crippen LogP contribution < -0.4 is 0 Å². The average molecular weight is 511 g/mol. The fraction of sp³-hybridized carbons (Fsp3) is 0.308. The van der Waals surface area contributed by atoms with E-state index in [4.69, 9.17) is 4.74 Å². The molecule has 0 aliphatic carbocycles. The van der Waals surface area contributed by atoms with Crippen molar-refractivity contribution in [3.8, 4) is 22.3 Å². The first-order chi connectivity index (χ1) is 16.4. The molecule has 0 aromatic heterocycles. The number of ether oxygens (including phenoxy) is 1. The lowest BCUT2D eigenvalue weighted by Gasteiger charge is -2.28. The van der Waals surface area contributed by atoms with Crippen LogP contribution in [0.25, 0.3) is 22.3 Å². The Labute approximate surface area is 204 Å². The highest BCUT2D eigenvalue weighted by atomic mass is 32.2. The van der Waals surface area contributed by atoms with Crippen molar-refractivity contribution in [2.75, 3.05) is 24.7 Å². The molecule has 3 aromatic carbocycles. The molecule has 1 nitrogen and oxygen atoms in total. The lowest BCUT2D eigenvalue weighted by atomic mass is 9.98. The third-order valence-electron chi connectivity index (χ3n) is 5.50. The predicted molar refractivity (Wildman–Crippen MR) is 129 cm³/mol. The number of halogens is 5. The third-order valence-corrected chi connectivity index (χ3v) is 8.79. The Morgan fingerprint density at radius 3 is 2.06 bits per heavy atom. The SMILES string of the molecule is CCCOCC1CSC(c2ccc(-c3cc(F)c(-c4ccc(F)c(F)c4)c(F)c3)c(F)c2)SC1. The summed E-state index contributed by atoms with van der Waals surface area (Å²) in [5.41, 5.74) is 0.272. The zero-order valence-electron chi connectivity index (χ0n) is 18.4. The quantitative estimate of drug-likeness (QED) is 0.234. The van der Waals surface area contributed by atoms with Crippen LogP contribution in [0.15, 0.2) is 48.5 Å². The van der Waals surface area contributed by atoms with Crippen molar-refractivity contribution < 1.29 is 26.7 Å². The summed E-state index contributed by atoms with van der Waals surface area (Å²) in [6.07, 6.45) is 0.989.